The molecular formula is C39H66AgCl2IN2O3. The van der Waals surface area contributed by atoms with Crippen LogP contribution < -0.4 is 36.4 Å². The van der Waals surface area contributed by atoms with E-state index in [-0.39, 0.29) is 61.4 Å². The third-order valence-electron chi connectivity index (χ3n) is 11.0. The van der Waals surface area contributed by atoms with Gasteiger partial charge in [-0.1, -0.05) is 57.7 Å². The molecule has 0 bridgehead atoms. The fraction of sp³-hybridized carbons (Fsp3) is 0.641. The molecule has 2 unspecified atom stereocenters. The molecule has 5 nitrogen and oxygen atoms in total. The Morgan fingerprint density at radius 3 is 1.10 bits per heavy atom. The first-order valence-corrected chi connectivity index (χ1v) is 19.0. The van der Waals surface area contributed by atoms with Crippen molar-refractivity contribution in [2.24, 2.45) is 0 Å². The third kappa shape index (κ3) is 13.0. The summed E-state index contributed by atoms with van der Waals surface area (Å²) < 4.78 is 2.06. The number of Topliss-reactive ketones (excluding diaryl/α,β-unsaturated/α-hetero) is 2. The maximum Gasteiger partial charge on any atom is -1.00 e. The molecular weight excluding hydrogens is 850 g/mol. The van der Waals surface area contributed by atoms with E-state index in [4.69, 9.17) is 0 Å². The first-order valence-electron chi connectivity index (χ1n) is 17.1. The Kier molecular flexibility index (Phi) is 27.8. The summed E-state index contributed by atoms with van der Waals surface area (Å²) in [6.45, 7) is 24.3. The number of nitrogens with zero attached hydrogens (tertiary/aromatic N) is 2. The fourth-order valence-electron chi connectivity index (χ4n) is 8.31. The van der Waals surface area contributed by atoms with Crippen LogP contribution in [0.2, 0.25) is 0 Å². The largest absolute Gasteiger partial charge is 1.00 e. The molecule has 2 aromatic carbocycles. The maximum absolute atomic E-state index is 13.0. The van der Waals surface area contributed by atoms with Crippen molar-refractivity contribution in [1.82, 2.24) is 0 Å². The molecule has 2 aromatic rings. The van der Waals surface area contributed by atoms with E-state index in [0.29, 0.717) is 24.4 Å². The van der Waals surface area contributed by atoms with E-state index in [1.165, 1.54) is 85.2 Å². The van der Waals surface area contributed by atoms with Crippen LogP contribution in [0.25, 0.3) is 0 Å². The first kappa shape index (κ1) is 52.1. The van der Waals surface area contributed by atoms with Gasteiger partial charge in [-0.05, 0) is 74.9 Å². The predicted octanol–water partition coefficient (Wildman–Crippen LogP) is 2.15. The minimum atomic E-state index is 0. The van der Waals surface area contributed by atoms with Crippen LogP contribution >= 0.6 is 9.19 Å². The molecule has 2 N–H and O–H groups in total. The topological polar surface area (TPSA) is 65.6 Å². The van der Waals surface area contributed by atoms with Crippen molar-refractivity contribution in [1.29, 1.82) is 0 Å². The van der Waals surface area contributed by atoms with Crippen molar-refractivity contribution in [3.63, 3.8) is 0 Å². The Morgan fingerprint density at radius 2 is 0.896 bits per heavy atom. The van der Waals surface area contributed by atoms with Crippen LogP contribution in [0.3, 0.4) is 0 Å². The predicted molar refractivity (Wildman–Crippen MR) is 193 cm³/mol. The molecule has 2 atom stereocenters. The Balaban J connectivity index is -0.000000743. The average molecular weight is 917 g/mol. The number of halogens is 3. The molecule has 0 spiro atoms. The van der Waals surface area contributed by atoms with Crippen molar-refractivity contribution >= 4 is 20.8 Å². The van der Waals surface area contributed by atoms with E-state index in [9.17, 15) is 9.59 Å². The summed E-state index contributed by atoms with van der Waals surface area (Å²) in [6, 6.07) is 13.0. The zero-order valence-corrected chi connectivity index (χ0v) is 35.3. The quantitative estimate of drug-likeness (QED) is 0.187. The van der Waals surface area contributed by atoms with Gasteiger partial charge in [-0.2, -0.15) is 0 Å². The first-order chi connectivity index (χ1) is 21.1. The molecule has 0 radical (unpaired) electrons. The molecule has 2 aliphatic rings. The van der Waals surface area contributed by atoms with E-state index in [2.05, 4.69) is 121 Å². The van der Waals surface area contributed by atoms with Crippen molar-refractivity contribution in [2.45, 2.75) is 126 Å². The molecule has 4 rings (SSSR count). The van der Waals surface area contributed by atoms with Crippen molar-refractivity contribution < 1.29 is 80.4 Å². The van der Waals surface area contributed by atoms with Crippen molar-refractivity contribution in [3.05, 3.63) is 69.8 Å². The Morgan fingerprint density at radius 1 is 0.646 bits per heavy atom. The van der Waals surface area contributed by atoms with E-state index >= 15 is 0 Å². The SMILES string of the molecule is C.CCC(C(=O)Cc1c(C)cccc1C)[N+]1(CC)CCCC1.CCC(C(=O)Cc1c(C)cccc1C)[N+]1(CC)CCCC1.O.[Cl-].[Cl][Ag].[I-]. The second kappa shape index (κ2) is 25.6. The minimum absolute atomic E-state index is 0. The number of carbonyl (C=O) groups is 2. The van der Waals surface area contributed by atoms with Crippen LogP contribution in [0.5, 0.6) is 0 Å². The number of carbonyl (C=O) groups excluding carboxylic acids is 2. The number of ketones is 2. The van der Waals surface area contributed by atoms with Crippen LogP contribution in [-0.4, -0.2) is 77.4 Å². The van der Waals surface area contributed by atoms with E-state index in [0.717, 1.165) is 34.9 Å². The van der Waals surface area contributed by atoms with Gasteiger partial charge in [-0.3, -0.25) is 9.59 Å². The average Bonchev–Trinajstić information content (AvgIpc) is 3.71. The normalized spacial score (nSPS) is 16.5. The number of hydrogen-bond acceptors (Lipinski definition) is 2. The molecule has 0 aliphatic carbocycles. The molecule has 2 aliphatic heterocycles. The smallest absolute Gasteiger partial charge is 1.00 e. The number of quaternary nitrogens is 2. The van der Waals surface area contributed by atoms with Gasteiger partial charge in [-0.25, -0.2) is 0 Å². The van der Waals surface area contributed by atoms with Gasteiger partial charge < -0.3 is 50.8 Å². The van der Waals surface area contributed by atoms with Crippen LogP contribution in [0.15, 0.2) is 36.4 Å². The summed E-state index contributed by atoms with van der Waals surface area (Å²) in [5.74, 6) is 0.886. The Hall–Kier alpha value is -0.290. The van der Waals surface area contributed by atoms with Crippen LogP contribution in [0, 0.1) is 27.7 Å². The van der Waals surface area contributed by atoms with E-state index < -0.39 is 0 Å². The summed E-state index contributed by atoms with van der Waals surface area (Å²) in [7, 11) is 4.45. The van der Waals surface area contributed by atoms with Gasteiger partial charge in [0.2, 0.25) is 0 Å². The number of aryl methyl sites for hydroxylation is 4. The molecule has 2 fully saturated rings. The van der Waals surface area contributed by atoms with Gasteiger partial charge in [0.05, 0.1) is 39.3 Å². The Labute approximate surface area is 334 Å². The van der Waals surface area contributed by atoms with Gasteiger partial charge >= 0.3 is 29.2 Å². The van der Waals surface area contributed by atoms with Gasteiger partial charge in [-0.15, -0.1) is 0 Å². The standard InChI is InChI=1S/2C19H30NO.CH4.Ag.2ClH.HI.H2O/c2*1-5-18(20(6-2)12-7-8-13-20)19(21)14-17-15(3)10-9-11-16(17)4;;;;;;/h2*9-11,18H,5-8,12-14H2,1-4H3;1H4;;3*1H;1H2/q2*+1;;+1;;;;/p-3. The van der Waals surface area contributed by atoms with Crippen LogP contribution in [0.4, 0.5) is 0 Å². The molecule has 48 heavy (non-hydrogen) atoms. The van der Waals surface area contributed by atoms with Gasteiger partial charge in [0.25, 0.3) is 0 Å². The van der Waals surface area contributed by atoms with Gasteiger partial charge in [0, 0.05) is 51.4 Å². The third-order valence-corrected chi connectivity index (χ3v) is 11.0. The molecule has 9 heteroatoms. The van der Waals surface area contributed by atoms with Gasteiger partial charge in [0.1, 0.15) is 12.1 Å². The van der Waals surface area contributed by atoms with Crippen molar-refractivity contribution in [2.75, 3.05) is 39.3 Å². The monoisotopic (exact) mass is 914 g/mol. The van der Waals surface area contributed by atoms with Crippen LogP contribution in [-0.2, 0) is 42.4 Å². The maximum atomic E-state index is 13.0. The molecule has 2 saturated heterocycles. The zero-order chi connectivity index (χ0) is 32.9. The molecule has 2 heterocycles. The summed E-state index contributed by atoms with van der Waals surface area (Å²) >= 11 is 2.42. The number of hydrogen-bond donors (Lipinski definition) is 0. The molecule has 0 aromatic heterocycles. The molecule has 0 amide bonds. The molecule has 0 saturated carbocycles. The summed E-state index contributed by atoms with van der Waals surface area (Å²) in [4.78, 5) is 26.0. The van der Waals surface area contributed by atoms with Crippen LogP contribution in [0.1, 0.15) is 107 Å². The number of benzene rings is 2. The van der Waals surface area contributed by atoms with E-state index in [1.54, 1.807) is 0 Å². The van der Waals surface area contributed by atoms with E-state index in [1.807, 2.05) is 0 Å². The Bertz CT molecular complexity index is 1080. The fourth-order valence-corrected chi connectivity index (χ4v) is 8.31. The molecule has 282 valence electrons. The summed E-state index contributed by atoms with van der Waals surface area (Å²) in [6.07, 6.45) is 8.27. The number of rotatable bonds is 12. The van der Waals surface area contributed by atoms with Gasteiger partial charge in [0.15, 0.2) is 11.6 Å². The second-order valence-corrected chi connectivity index (χ2v) is 13.3. The number of likely N-dealkylation sites (N-methyl/N-ethyl adjacent to an activating group) is 2. The van der Waals surface area contributed by atoms with Crippen molar-refractivity contribution in [3.8, 4) is 0 Å². The second-order valence-electron chi connectivity index (χ2n) is 13.3. The minimum Gasteiger partial charge on any atom is -1.00 e. The zero-order valence-electron chi connectivity index (χ0n) is 30.2. The number of likely N-dealkylation sites (tertiary alicyclic amines) is 2. The summed E-state index contributed by atoms with van der Waals surface area (Å²) in [5.41, 5.74) is 7.50. The summed E-state index contributed by atoms with van der Waals surface area (Å²) in [5, 5.41) is 0.